The molecule has 6 aromatic rings. The van der Waals surface area contributed by atoms with Crippen LogP contribution in [0.25, 0.3) is 21.8 Å². The Morgan fingerprint density at radius 1 is 0.542 bits per heavy atom. The molecule has 3 heterocycles. The van der Waals surface area contributed by atoms with Gasteiger partial charge in [0.2, 0.25) is 0 Å². The third-order valence-electron chi connectivity index (χ3n) is 10.9. The molecule has 0 radical (unpaired) electrons. The van der Waals surface area contributed by atoms with Gasteiger partial charge < -0.3 is 9.80 Å². The largest absolute Gasteiger partial charge is 0.322 e. The maximum Gasteiger partial charge on any atom is 0.100 e. The second-order valence-electron chi connectivity index (χ2n) is 13.8. The van der Waals surface area contributed by atoms with Crippen molar-refractivity contribution >= 4 is 67.8 Å². The second kappa shape index (κ2) is 11.8. The zero-order valence-corrected chi connectivity index (χ0v) is 29.1. The fraction of sp³-hybridized carbons (Fsp3) is 0.286. The van der Waals surface area contributed by atoms with Crippen molar-refractivity contribution in [2.75, 3.05) is 16.5 Å². The van der Waals surface area contributed by atoms with Crippen molar-refractivity contribution < 1.29 is 0 Å². The molecule has 9 rings (SSSR count). The van der Waals surface area contributed by atoms with Crippen LogP contribution in [0.1, 0.15) is 70.5 Å². The van der Waals surface area contributed by atoms with Crippen LogP contribution in [0.2, 0.25) is 10.0 Å². The molecular weight excluding hydrogens is 631 g/mol. The van der Waals surface area contributed by atoms with E-state index >= 15 is 0 Å². The van der Waals surface area contributed by atoms with Crippen LogP contribution in [0.4, 0.5) is 22.7 Å². The predicted molar refractivity (Wildman–Crippen MR) is 201 cm³/mol. The first-order valence-electron chi connectivity index (χ1n) is 17.4. The molecule has 0 amide bonds. The number of aryl methyl sites for hydroxylation is 6. The van der Waals surface area contributed by atoms with Gasteiger partial charge in [-0.05, 0) is 124 Å². The maximum absolute atomic E-state index is 6.75. The standard InChI is InChI=1S/C42H38Cl2N4/c1-25-37-23-38-26(2)46-40-34-16-6-4-10-28(34)18-20-36(40)42(38)48(32-14-8-12-30(44)22-32)24-47(31-13-7-11-29(43)21-31)41(37)35-19-17-27-9-3-5-15-33(27)39(35)45-25/h7-8,11-14,17-22H,3-6,9-10,15-16,23-24H2,1-2H3. The van der Waals surface area contributed by atoms with Crippen LogP contribution in [0.5, 0.6) is 0 Å². The Morgan fingerprint density at radius 2 is 1.00 bits per heavy atom. The average molecular weight is 670 g/mol. The number of halogens is 2. The number of aromatic nitrogens is 2. The Bertz CT molecular complexity index is 2120. The van der Waals surface area contributed by atoms with E-state index in [1.807, 2.05) is 12.1 Å². The van der Waals surface area contributed by atoms with Crippen LogP contribution in [-0.4, -0.2) is 16.6 Å². The summed E-state index contributed by atoms with van der Waals surface area (Å²) < 4.78 is 0. The summed E-state index contributed by atoms with van der Waals surface area (Å²) in [5.74, 6) is 0. The minimum atomic E-state index is 0.561. The molecule has 0 atom stereocenters. The van der Waals surface area contributed by atoms with Gasteiger partial charge in [-0.25, -0.2) is 0 Å². The molecule has 4 nitrogen and oxygen atoms in total. The highest BCUT2D eigenvalue weighted by molar-refractivity contribution is 6.31. The van der Waals surface area contributed by atoms with Crippen molar-refractivity contribution in [3.8, 4) is 0 Å². The van der Waals surface area contributed by atoms with Gasteiger partial charge >= 0.3 is 0 Å². The van der Waals surface area contributed by atoms with Gasteiger partial charge in [0.15, 0.2) is 0 Å². The van der Waals surface area contributed by atoms with Crippen LogP contribution in [0, 0.1) is 13.8 Å². The van der Waals surface area contributed by atoms with Gasteiger partial charge in [0.1, 0.15) is 6.67 Å². The zero-order valence-electron chi connectivity index (χ0n) is 27.5. The molecule has 2 aliphatic carbocycles. The fourth-order valence-corrected chi connectivity index (χ4v) is 8.97. The number of anilines is 4. The van der Waals surface area contributed by atoms with E-state index in [0.29, 0.717) is 6.67 Å². The van der Waals surface area contributed by atoms with E-state index in [-0.39, 0.29) is 0 Å². The Morgan fingerprint density at radius 3 is 1.46 bits per heavy atom. The first kappa shape index (κ1) is 30.0. The van der Waals surface area contributed by atoms with Crippen molar-refractivity contribution in [3.05, 3.63) is 128 Å². The number of hydrogen-bond acceptors (Lipinski definition) is 4. The molecule has 0 bridgehead atoms. The van der Waals surface area contributed by atoms with Crippen molar-refractivity contribution in [1.29, 1.82) is 0 Å². The lowest BCUT2D eigenvalue weighted by Gasteiger charge is -2.40. The van der Waals surface area contributed by atoms with Gasteiger partial charge in [-0.2, -0.15) is 0 Å². The van der Waals surface area contributed by atoms with Gasteiger partial charge in [-0.1, -0.05) is 59.6 Å². The maximum atomic E-state index is 6.75. The zero-order chi connectivity index (χ0) is 32.5. The lowest BCUT2D eigenvalue weighted by atomic mass is 9.86. The van der Waals surface area contributed by atoms with Crippen LogP contribution in [-0.2, 0) is 32.1 Å². The van der Waals surface area contributed by atoms with E-state index < -0.39 is 0 Å². The van der Waals surface area contributed by atoms with E-state index in [4.69, 9.17) is 33.2 Å². The van der Waals surface area contributed by atoms with Gasteiger partial charge in [-0.15, -0.1) is 0 Å². The fourth-order valence-electron chi connectivity index (χ4n) is 8.60. The van der Waals surface area contributed by atoms with E-state index in [0.717, 1.165) is 75.9 Å². The molecule has 6 heteroatoms. The molecule has 48 heavy (non-hydrogen) atoms. The number of benzene rings is 4. The normalized spacial score (nSPS) is 15.8. The third-order valence-corrected chi connectivity index (χ3v) is 11.4. The molecule has 0 unspecified atom stereocenters. The monoisotopic (exact) mass is 668 g/mol. The second-order valence-corrected chi connectivity index (χ2v) is 14.7. The first-order chi connectivity index (χ1) is 23.4. The molecule has 2 aromatic heterocycles. The predicted octanol–water partition coefficient (Wildman–Crippen LogP) is 11.3. The summed E-state index contributed by atoms with van der Waals surface area (Å²) in [7, 11) is 0. The van der Waals surface area contributed by atoms with Gasteiger partial charge in [0.25, 0.3) is 0 Å². The summed E-state index contributed by atoms with van der Waals surface area (Å²) in [6, 6.07) is 25.9. The van der Waals surface area contributed by atoms with Crippen molar-refractivity contribution in [2.45, 2.75) is 71.6 Å². The summed E-state index contributed by atoms with van der Waals surface area (Å²) in [4.78, 5) is 15.8. The van der Waals surface area contributed by atoms with Gasteiger partial charge in [-0.3, -0.25) is 9.97 Å². The molecular formula is C42H38Cl2N4. The summed E-state index contributed by atoms with van der Waals surface area (Å²) in [5, 5.41) is 3.84. The highest BCUT2D eigenvalue weighted by atomic mass is 35.5. The minimum Gasteiger partial charge on any atom is -0.322 e. The molecule has 0 spiro atoms. The number of rotatable bonds is 2. The Hall–Kier alpha value is -4.12. The Balaban J connectivity index is 1.40. The van der Waals surface area contributed by atoms with Crippen LogP contribution in [0.15, 0.2) is 72.8 Å². The van der Waals surface area contributed by atoms with Crippen molar-refractivity contribution in [1.82, 2.24) is 9.97 Å². The molecule has 1 aliphatic heterocycles. The molecule has 0 saturated heterocycles. The summed E-state index contributed by atoms with van der Waals surface area (Å²) in [6.07, 6.45) is 10.0. The minimum absolute atomic E-state index is 0.561. The smallest absolute Gasteiger partial charge is 0.100 e. The molecule has 0 N–H and O–H groups in total. The summed E-state index contributed by atoms with van der Waals surface area (Å²) in [6.45, 7) is 4.96. The van der Waals surface area contributed by atoms with Crippen LogP contribution >= 0.6 is 23.2 Å². The lowest BCUT2D eigenvalue weighted by molar-refractivity contribution is 0.688. The quantitative estimate of drug-likeness (QED) is 0.184. The lowest BCUT2D eigenvalue weighted by Crippen LogP contribution is -2.36. The third kappa shape index (κ3) is 4.87. The van der Waals surface area contributed by atoms with Crippen molar-refractivity contribution in [2.24, 2.45) is 0 Å². The topological polar surface area (TPSA) is 32.3 Å². The molecule has 3 aliphatic rings. The van der Waals surface area contributed by atoms with Crippen LogP contribution < -0.4 is 9.80 Å². The van der Waals surface area contributed by atoms with E-state index in [9.17, 15) is 0 Å². The SMILES string of the molecule is Cc1nc2c3c(ccc2c2c1Cc1c(C)nc4c5c(ccc4c1N(c1cccc(Cl)c1)CN2c1cccc(Cl)c1)CCCC5)CCCC3. The molecule has 4 aromatic carbocycles. The Labute approximate surface area is 292 Å². The number of fused-ring (bicyclic) bond motifs is 10. The summed E-state index contributed by atoms with van der Waals surface area (Å²) >= 11 is 13.5. The molecule has 0 fully saturated rings. The van der Waals surface area contributed by atoms with E-state index in [1.54, 1.807) is 0 Å². The van der Waals surface area contributed by atoms with Gasteiger partial charge in [0, 0.05) is 61.1 Å². The highest BCUT2D eigenvalue weighted by Gasteiger charge is 2.32. The highest BCUT2D eigenvalue weighted by Crippen LogP contribution is 2.48. The van der Waals surface area contributed by atoms with E-state index in [2.05, 4.69) is 84.3 Å². The number of hydrogen-bond donors (Lipinski definition) is 0. The first-order valence-corrected chi connectivity index (χ1v) is 18.1. The Kier molecular flexibility index (Phi) is 7.36. The summed E-state index contributed by atoms with van der Waals surface area (Å²) in [5.41, 5.74) is 17.2. The number of pyridine rings is 2. The van der Waals surface area contributed by atoms with Gasteiger partial charge in [0.05, 0.1) is 22.4 Å². The van der Waals surface area contributed by atoms with Crippen molar-refractivity contribution in [3.63, 3.8) is 0 Å². The number of nitrogens with zero attached hydrogens (tertiary/aromatic N) is 4. The van der Waals surface area contributed by atoms with E-state index in [1.165, 1.54) is 81.2 Å². The molecule has 240 valence electrons. The molecule has 0 saturated carbocycles. The van der Waals surface area contributed by atoms with Crippen LogP contribution in [0.3, 0.4) is 0 Å². The average Bonchev–Trinajstić information content (AvgIpc) is 3.09.